The van der Waals surface area contributed by atoms with Gasteiger partial charge in [-0.05, 0) is 42.4 Å². The van der Waals surface area contributed by atoms with Gasteiger partial charge in [0.2, 0.25) is 11.9 Å². The molecule has 1 atom stereocenters. The van der Waals surface area contributed by atoms with E-state index in [1.807, 2.05) is 6.07 Å². The molecular formula is C18H21N7O5S. The van der Waals surface area contributed by atoms with Gasteiger partial charge in [0.15, 0.2) is 0 Å². The number of carbonyl (C=O) groups is 1. The first-order valence-electron chi connectivity index (χ1n) is 8.82. The molecule has 7 N–H and O–H groups in total. The molecule has 2 aromatic rings. The number of carbonyl (C=O) groups excluding carboxylic acids is 1. The summed E-state index contributed by atoms with van der Waals surface area (Å²) in [5.41, 5.74) is 15.1. The molecule has 0 saturated heterocycles. The summed E-state index contributed by atoms with van der Waals surface area (Å²) in [7, 11) is -4.18. The van der Waals surface area contributed by atoms with Crippen molar-refractivity contribution in [3.8, 4) is 6.07 Å². The van der Waals surface area contributed by atoms with E-state index < -0.39 is 27.5 Å². The number of primary amides is 1. The fraction of sp³-hybridized carbons (Fsp3) is 0.222. The number of anilines is 1. The highest BCUT2D eigenvalue weighted by Gasteiger charge is 2.24. The number of pyridine rings is 1. The number of amides is 1. The summed E-state index contributed by atoms with van der Waals surface area (Å²) >= 11 is 0. The summed E-state index contributed by atoms with van der Waals surface area (Å²) in [4.78, 5) is 29.6. The molecule has 1 aromatic carbocycles. The van der Waals surface area contributed by atoms with Crippen molar-refractivity contribution in [3.63, 3.8) is 0 Å². The molecule has 0 spiro atoms. The number of guanidine groups is 1. The van der Waals surface area contributed by atoms with Crippen LogP contribution in [0, 0.1) is 18.3 Å². The van der Waals surface area contributed by atoms with Gasteiger partial charge in [0.05, 0.1) is 16.5 Å². The third-order valence-corrected chi connectivity index (χ3v) is 5.49. The number of aromatic nitrogens is 1. The van der Waals surface area contributed by atoms with Gasteiger partial charge >= 0.3 is 0 Å². The number of benzene rings is 1. The highest BCUT2D eigenvalue weighted by atomic mass is 32.2. The topological polar surface area (TPSA) is 209 Å². The predicted octanol–water partition coefficient (Wildman–Crippen LogP) is -0.549. The van der Waals surface area contributed by atoms with Gasteiger partial charge in [-0.1, -0.05) is 6.07 Å². The molecule has 2 rings (SSSR count). The summed E-state index contributed by atoms with van der Waals surface area (Å²) < 4.78 is 28.6. The summed E-state index contributed by atoms with van der Waals surface area (Å²) in [5.74, 6) is -1.15. The Labute approximate surface area is 177 Å². The summed E-state index contributed by atoms with van der Waals surface area (Å²) in [5, 5.41) is 12.3. The van der Waals surface area contributed by atoms with Crippen molar-refractivity contribution in [2.45, 2.75) is 24.3 Å². The first-order valence-corrected chi connectivity index (χ1v) is 10.3. The van der Waals surface area contributed by atoms with Crippen LogP contribution in [0.15, 0.2) is 51.2 Å². The molecule has 0 bridgehead atoms. The zero-order valence-corrected chi connectivity index (χ0v) is 17.3. The van der Waals surface area contributed by atoms with Crippen LogP contribution in [0.5, 0.6) is 0 Å². The molecular weight excluding hydrogens is 426 g/mol. The Morgan fingerprint density at radius 1 is 1.29 bits per heavy atom. The van der Waals surface area contributed by atoms with E-state index in [0.717, 1.165) is 4.57 Å². The van der Waals surface area contributed by atoms with Crippen LogP contribution in [0.2, 0.25) is 0 Å². The minimum absolute atomic E-state index is 0.0483. The molecule has 13 heteroatoms. The highest BCUT2D eigenvalue weighted by Crippen LogP contribution is 2.18. The quantitative estimate of drug-likeness (QED) is 0.169. The van der Waals surface area contributed by atoms with Crippen LogP contribution < -0.4 is 27.5 Å². The highest BCUT2D eigenvalue weighted by molar-refractivity contribution is 7.92. The average molecular weight is 447 g/mol. The Bertz CT molecular complexity index is 1210. The summed E-state index contributed by atoms with van der Waals surface area (Å²) in [6.45, 7) is 1.43. The second kappa shape index (κ2) is 9.63. The van der Waals surface area contributed by atoms with Crippen LogP contribution in [-0.2, 0) is 19.7 Å². The number of nitrogens with two attached hydrogens (primary N) is 3. The van der Waals surface area contributed by atoms with E-state index in [4.69, 9.17) is 27.3 Å². The van der Waals surface area contributed by atoms with E-state index in [2.05, 4.69) is 9.88 Å². The Kier molecular flexibility index (Phi) is 7.22. The third-order valence-electron chi connectivity index (χ3n) is 4.13. The van der Waals surface area contributed by atoms with E-state index in [1.165, 1.54) is 36.4 Å². The van der Waals surface area contributed by atoms with Crippen LogP contribution in [0.4, 0.5) is 5.69 Å². The summed E-state index contributed by atoms with van der Waals surface area (Å²) in [6.07, 6.45) is -0.0483. The fourth-order valence-corrected chi connectivity index (χ4v) is 3.83. The molecule has 12 nitrogen and oxygen atoms in total. The number of nitrogens with one attached hydrogen (secondary N) is 1. The van der Waals surface area contributed by atoms with E-state index in [1.54, 1.807) is 6.92 Å². The van der Waals surface area contributed by atoms with Gasteiger partial charge < -0.3 is 22.0 Å². The standard InChI is InChI=1S/C18H21N7O5S/c1-11-5-6-14(24-31(28,29)13-4-2-3-12(9-13)10-19)17(27)25(11)15(16(20)26)7-8-30-23-18(21)22/h2-6,9,15,24H,7-8H2,1H3,(H2,20,26)(H4,21,22,23). The number of hydrogen-bond acceptors (Lipinski definition) is 7. The Morgan fingerprint density at radius 2 is 2.00 bits per heavy atom. The van der Waals surface area contributed by atoms with Gasteiger partial charge in [-0.25, -0.2) is 8.42 Å². The lowest BCUT2D eigenvalue weighted by molar-refractivity contribution is -0.121. The lowest BCUT2D eigenvalue weighted by atomic mass is 10.1. The first-order chi connectivity index (χ1) is 14.6. The largest absolute Gasteiger partial charge is 0.393 e. The van der Waals surface area contributed by atoms with E-state index in [9.17, 15) is 18.0 Å². The lowest BCUT2D eigenvalue weighted by Gasteiger charge is -2.20. The zero-order chi connectivity index (χ0) is 23.2. The maximum atomic E-state index is 13.0. The number of rotatable bonds is 9. The SMILES string of the molecule is Cc1ccc(NS(=O)(=O)c2cccc(C#N)c2)c(=O)n1C(CCON=C(N)N)C(N)=O. The van der Waals surface area contributed by atoms with Crippen molar-refractivity contribution >= 4 is 27.6 Å². The number of nitriles is 1. The van der Waals surface area contributed by atoms with Crippen LogP contribution in [0.1, 0.15) is 23.7 Å². The Hall–Kier alpha value is -4.05. The molecule has 1 aromatic heterocycles. The second-order valence-corrected chi connectivity index (χ2v) is 8.05. The van der Waals surface area contributed by atoms with Gasteiger partial charge in [0, 0.05) is 12.1 Å². The monoisotopic (exact) mass is 447 g/mol. The molecule has 31 heavy (non-hydrogen) atoms. The van der Waals surface area contributed by atoms with Gasteiger partial charge in [-0.2, -0.15) is 5.26 Å². The van der Waals surface area contributed by atoms with Crippen molar-refractivity contribution in [2.75, 3.05) is 11.3 Å². The van der Waals surface area contributed by atoms with E-state index in [0.29, 0.717) is 5.69 Å². The second-order valence-electron chi connectivity index (χ2n) is 6.36. The number of nitrogens with zero attached hydrogens (tertiary/aromatic N) is 3. The number of aryl methyl sites for hydroxylation is 1. The maximum absolute atomic E-state index is 13.0. The summed E-state index contributed by atoms with van der Waals surface area (Å²) in [6, 6.07) is 8.72. The normalized spacial score (nSPS) is 11.7. The Balaban J connectivity index is 2.40. The van der Waals surface area contributed by atoms with Crippen LogP contribution >= 0.6 is 0 Å². The predicted molar refractivity (Wildman–Crippen MR) is 112 cm³/mol. The van der Waals surface area contributed by atoms with Crippen molar-refractivity contribution < 1.29 is 18.0 Å². The van der Waals surface area contributed by atoms with E-state index >= 15 is 0 Å². The van der Waals surface area contributed by atoms with Gasteiger partial charge in [-0.3, -0.25) is 18.9 Å². The van der Waals surface area contributed by atoms with Crippen molar-refractivity contribution in [3.05, 3.63) is 58.0 Å². The molecule has 0 radical (unpaired) electrons. The van der Waals surface area contributed by atoms with Crippen LogP contribution in [-0.4, -0.2) is 31.5 Å². The fourth-order valence-electron chi connectivity index (χ4n) is 2.73. The minimum Gasteiger partial charge on any atom is -0.393 e. The van der Waals surface area contributed by atoms with E-state index in [-0.39, 0.29) is 35.1 Å². The number of hydrogen-bond donors (Lipinski definition) is 4. The smallest absolute Gasteiger partial charge is 0.275 e. The zero-order valence-electron chi connectivity index (χ0n) is 16.5. The first kappa shape index (κ1) is 23.2. The molecule has 0 aliphatic heterocycles. The molecule has 0 saturated carbocycles. The molecule has 0 fully saturated rings. The molecule has 1 unspecified atom stereocenters. The third kappa shape index (κ3) is 5.73. The maximum Gasteiger partial charge on any atom is 0.275 e. The molecule has 0 aliphatic rings. The average Bonchev–Trinajstić information content (AvgIpc) is 2.71. The molecule has 1 amide bonds. The van der Waals surface area contributed by atoms with Crippen LogP contribution in [0.25, 0.3) is 0 Å². The van der Waals surface area contributed by atoms with Gasteiger partial charge in [-0.15, -0.1) is 0 Å². The van der Waals surface area contributed by atoms with Crippen molar-refractivity contribution in [1.82, 2.24) is 4.57 Å². The molecule has 164 valence electrons. The van der Waals surface area contributed by atoms with Gasteiger partial charge in [0.25, 0.3) is 15.6 Å². The number of sulfonamides is 1. The minimum atomic E-state index is -4.18. The van der Waals surface area contributed by atoms with Crippen molar-refractivity contribution in [2.24, 2.45) is 22.4 Å². The van der Waals surface area contributed by atoms with Crippen molar-refractivity contribution in [1.29, 1.82) is 5.26 Å². The van der Waals surface area contributed by atoms with Gasteiger partial charge in [0.1, 0.15) is 18.3 Å². The Morgan fingerprint density at radius 3 is 2.61 bits per heavy atom. The number of oxime groups is 1. The molecule has 0 aliphatic carbocycles. The lowest BCUT2D eigenvalue weighted by Crippen LogP contribution is -2.37. The molecule has 1 heterocycles. The van der Waals surface area contributed by atoms with Crippen LogP contribution in [0.3, 0.4) is 0 Å².